The second-order valence-corrected chi connectivity index (χ2v) is 8.70. The fraction of sp³-hybridized carbons (Fsp3) is 0.385. The Morgan fingerprint density at radius 3 is 2.72 bits per heavy atom. The van der Waals surface area contributed by atoms with Crippen molar-refractivity contribution in [1.82, 2.24) is 14.8 Å². The topological polar surface area (TPSA) is 68.4 Å². The molecule has 32 heavy (non-hydrogen) atoms. The molecule has 0 aliphatic carbocycles. The van der Waals surface area contributed by atoms with Gasteiger partial charge >= 0.3 is 6.03 Å². The van der Waals surface area contributed by atoms with Crippen molar-refractivity contribution in [2.24, 2.45) is 0 Å². The van der Waals surface area contributed by atoms with Crippen LogP contribution in [0.1, 0.15) is 36.5 Å². The number of amides is 2. The Labute approximate surface area is 189 Å². The molecule has 1 saturated heterocycles. The van der Waals surface area contributed by atoms with Gasteiger partial charge in [0.2, 0.25) is 0 Å². The lowest BCUT2D eigenvalue weighted by Crippen LogP contribution is -2.45. The molecule has 1 aliphatic rings. The summed E-state index contributed by atoms with van der Waals surface area (Å²) in [5, 5.41) is 3.99. The third-order valence-electron chi connectivity index (χ3n) is 6.64. The molecule has 0 bridgehead atoms. The number of anilines is 1. The number of rotatable bonds is 6. The Morgan fingerprint density at radius 1 is 1.19 bits per heavy atom. The molecule has 1 aromatic heterocycles. The van der Waals surface area contributed by atoms with E-state index in [-0.39, 0.29) is 18.1 Å². The lowest BCUT2D eigenvalue weighted by Gasteiger charge is -2.30. The van der Waals surface area contributed by atoms with Crippen LogP contribution in [0.15, 0.2) is 53.3 Å². The summed E-state index contributed by atoms with van der Waals surface area (Å²) in [6.45, 7) is 9.11. The van der Waals surface area contributed by atoms with Gasteiger partial charge in [-0.25, -0.2) is 4.79 Å². The van der Waals surface area contributed by atoms with Crippen LogP contribution in [0.2, 0.25) is 0 Å². The summed E-state index contributed by atoms with van der Waals surface area (Å²) >= 11 is 0. The number of nitrogens with one attached hydrogen (secondary N) is 2. The van der Waals surface area contributed by atoms with Crippen molar-refractivity contribution in [1.29, 1.82) is 0 Å². The van der Waals surface area contributed by atoms with Crippen LogP contribution in [0.25, 0.3) is 10.9 Å². The van der Waals surface area contributed by atoms with Gasteiger partial charge in [0.25, 0.3) is 5.56 Å². The number of benzene rings is 2. The van der Waals surface area contributed by atoms with Gasteiger partial charge in [0.1, 0.15) is 0 Å². The van der Waals surface area contributed by atoms with E-state index >= 15 is 0 Å². The number of aromatic amines is 1. The highest BCUT2D eigenvalue weighted by atomic mass is 16.2. The molecule has 0 radical (unpaired) electrons. The number of likely N-dealkylation sites (tertiary alicyclic amines) is 1. The van der Waals surface area contributed by atoms with E-state index in [0.29, 0.717) is 18.2 Å². The molecule has 1 atom stereocenters. The fourth-order valence-electron chi connectivity index (χ4n) is 4.61. The Kier molecular flexibility index (Phi) is 6.61. The number of pyridine rings is 1. The summed E-state index contributed by atoms with van der Waals surface area (Å²) in [6.07, 6.45) is 2.21. The number of carbonyl (C=O) groups is 1. The SMILES string of the molecule is CCN1CCC[C@@H]1CN(Cc1cc2ccc(C)c(C)c2[nH]c1=O)C(=O)Nc1ccccc1. The number of hydrogen-bond donors (Lipinski definition) is 2. The van der Waals surface area contributed by atoms with E-state index in [0.717, 1.165) is 53.6 Å². The number of carbonyl (C=O) groups excluding carboxylic acids is 1. The number of urea groups is 1. The van der Waals surface area contributed by atoms with E-state index in [2.05, 4.69) is 28.2 Å². The van der Waals surface area contributed by atoms with Gasteiger partial charge in [-0.3, -0.25) is 9.69 Å². The van der Waals surface area contributed by atoms with Gasteiger partial charge in [0, 0.05) is 23.8 Å². The monoisotopic (exact) mass is 432 g/mol. The highest BCUT2D eigenvalue weighted by Crippen LogP contribution is 2.22. The summed E-state index contributed by atoms with van der Waals surface area (Å²) in [6, 6.07) is 15.6. The van der Waals surface area contributed by atoms with Crippen molar-refractivity contribution < 1.29 is 4.79 Å². The highest BCUT2D eigenvalue weighted by molar-refractivity contribution is 5.89. The Hall–Kier alpha value is -3.12. The maximum Gasteiger partial charge on any atom is 0.322 e. The third kappa shape index (κ3) is 4.70. The van der Waals surface area contributed by atoms with Gasteiger partial charge in [-0.1, -0.05) is 37.3 Å². The van der Waals surface area contributed by atoms with Crippen molar-refractivity contribution in [2.75, 3.05) is 25.0 Å². The van der Waals surface area contributed by atoms with E-state index < -0.39 is 0 Å². The molecule has 0 spiro atoms. The van der Waals surface area contributed by atoms with E-state index in [9.17, 15) is 9.59 Å². The van der Waals surface area contributed by atoms with Gasteiger partial charge in [-0.2, -0.15) is 0 Å². The van der Waals surface area contributed by atoms with Crippen molar-refractivity contribution in [3.8, 4) is 0 Å². The molecule has 0 saturated carbocycles. The number of aromatic nitrogens is 1. The molecule has 2 aromatic carbocycles. The van der Waals surface area contributed by atoms with E-state index in [1.54, 1.807) is 4.90 Å². The van der Waals surface area contributed by atoms with Crippen molar-refractivity contribution in [2.45, 2.75) is 46.2 Å². The van der Waals surface area contributed by atoms with Crippen LogP contribution >= 0.6 is 0 Å². The van der Waals surface area contributed by atoms with Gasteiger partial charge in [0.05, 0.1) is 12.1 Å². The molecular weight excluding hydrogens is 400 g/mol. The molecule has 4 rings (SSSR count). The summed E-state index contributed by atoms with van der Waals surface area (Å²) in [7, 11) is 0. The van der Waals surface area contributed by atoms with Gasteiger partial charge < -0.3 is 15.2 Å². The average Bonchev–Trinajstić information content (AvgIpc) is 3.25. The summed E-state index contributed by atoms with van der Waals surface area (Å²) < 4.78 is 0. The second kappa shape index (κ2) is 9.57. The van der Waals surface area contributed by atoms with Crippen LogP contribution in [0.3, 0.4) is 0 Å². The number of hydrogen-bond acceptors (Lipinski definition) is 3. The number of likely N-dealkylation sites (N-methyl/N-ethyl adjacent to an activating group) is 1. The molecule has 2 heterocycles. The maximum absolute atomic E-state index is 13.3. The Balaban J connectivity index is 1.63. The first-order valence-electron chi connectivity index (χ1n) is 11.4. The van der Waals surface area contributed by atoms with E-state index in [4.69, 9.17) is 0 Å². The second-order valence-electron chi connectivity index (χ2n) is 8.70. The van der Waals surface area contributed by atoms with Crippen LogP contribution in [0.5, 0.6) is 0 Å². The first-order chi connectivity index (χ1) is 15.5. The number of fused-ring (bicyclic) bond motifs is 1. The molecule has 1 fully saturated rings. The zero-order valence-electron chi connectivity index (χ0n) is 19.1. The maximum atomic E-state index is 13.3. The largest absolute Gasteiger partial charge is 0.322 e. The van der Waals surface area contributed by atoms with Crippen LogP contribution in [0.4, 0.5) is 10.5 Å². The lowest BCUT2D eigenvalue weighted by atomic mass is 10.0. The minimum Gasteiger partial charge on any atom is -0.321 e. The zero-order valence-corrected chi connectivity index (χ0v) is 19.1. The standard InChI is InChI=1S/C26H32N4O2/c1-4-29-14-8-11-23(29)17-30(26(32)27-22-9-6-5-7-10-22)16-21-15-20-13-12-18(2)19(3)24(20)28-25(21)31/h5-7,9-10,12-13,15,23H,4,8,11,14,16-17H2,1-3H3,(H,27,32)(H,28,31)/t23-/m1/s1. The summed E-state index contributed by atoms with van der Waals surface area (Å²) in [5.74, 6) is 0. The molecule has 1 aliphatic heterocycles. The quantitative estimate of drug-likeness (QED) is 0.595. The molecule has 3 aromatic rings. The predicted octanol–water partition coefficient (Wildman–Crippen LogP) is 4.66. The summed E-state index contributed by atoms with van der Waals surface area (Å²) in [4.78, 5) is 33.5. The van der Waals surface area contributed by atoms with Crippen LogP contribution in [-0.4, -0.2) is 46.5 Å². The molecule has 2 amide bonds. The van der Waals surface area contributed by atoms with Gasteiger partial charge in [-0.05, 0) is 74.5 Å². The number of H-pyrrole nitrogens is 1. The van der Waals surface area contributed by atoms with Crippen LogP contribution in [-0.2, 0) is 6.54 Å². The van der Waals surface area contributed by atoms with Crippen molar-refractivity contribution in [3.05, 3.63) is 75.6 Å². The molecule has 0 unspecified atom stereocenters. The zero-order chi connectivity index (χ0) is 22.7. The fourth-order valence-corrected chi connectivity index (χ4v) is 4.61. The van der Waals surface area contributed by atoms with Crippen LogP contribution in [0, 0.1) is 13.8 Å². The minimum absolute atomic E-state index is 0.137. The van der Waals surface area contributed by atoms with E-state index in [1.165, 1.54) is 0 Å². The number of aryl methyl sites for hydroxylation is 2. The molecular formula is C26H32N4O2. The molecule has 168 valence electrons. The molecule has 6 heteroatoms. The average molecular weight is 433 g/mol. The Bertz CT molecular complexity index is 1160. The first kappa shape index (κ1) is 22.1. The predicted molar refractivity (Wildman–Crippen MR) is 130 cm³/mol. The van der Waals surface area contributed by atoms with Crippen molar-refractivity contribution in [3.63, 3.8) is 0 Å². The smallest absolute Gasteiger partial charge is 0.321 e. The minimum atomic E-state index is -0.182. The third-order valence-corrected chi connectivity index (χ3v) is 6.64. The van der Waals surface area contributed by atoms with Crippen molar-refractivity contribution >= 4 is 22.6 Å². The highest BCUT2D eigenvalue weighted by Gasteiger charge is 2.28. The Morgan fingerprint density at radius 2 is 1.97 bits per heavy atom. The lowest BCUT2D eigenvalue weighted by molar-refractivity contribution is 0.174. The molecule has 6 nitrogen and oxygen atoms in total. The van der Waals surface area contributed by atoms with Gasteiger partial charge in [0.15, 0.2) is 0 Å². The normalized spacial score (nSPS) is 16.4. The van der Waals surface area contributed by atoms with Gasteiger partial charge in [-0.15, -0.1) is 0 Å². The first-order valence-corrected chi connectivity index (χ1v) is 11.4. The van der Waals surface area contributed by atoms with E-state index in [1.807, 2.05) is 56.3 Å². The summed E-state index contributed by atoms with van der Waals surface area (Å²) in [5.41, 5.74) is 4.30. The number of para-hydroxylation sites is 1. The molecule has 2 N–H and O–H groups in total. The van der Waals surface area contributed by atoms with Crippen LogP contribution < -0.4 is 10.9 Å². The number of nitrogens with zero attached hydrogens (tertiary/aromatic N) is 2.